The molecule has 2 N–H and O–H groups in total. The molecule has 1 amide bonds. The third-order valence-corrected chi connectivity index (χ3v) is 7.23. The molecule has 0 bridgehead atoms. The summed E-state index contributed by atoms with van der Waals surface area (Å²) in [6.45, 7) is 12.0. The summed E-state index contributed by atoms with van der Waals surface area (Å²) in [5, 5.41) is 4.74. The molecule has 1 atom stereocenters. The Bertz CT molecular complexity index is 1180. The van der Waals surface area contributed by atoms with Crippen molar-refractivity contribution in [2.75, 3.05) is 43.5 Å². The zero-order valence-corrected chi connectivity index (χ0v) is 22.5. The van der Waals surface area contributed by atoms with Gasteiger partial charge in [-0.2, -0.15) is 0 Å². The third-order valence-electron chi connectivity index (χ3n) is 7.23. The zero-order valence-electron chi connectivity index (χ0n) is 22.5. The van der Waals surface area contributed by atoms with Crippen LogP contribution in [-0.4, -0.2) is 54.1 Å². The van der Waals surface area contributed by atoms with Crippen LogP contribution in [0, 0.1) is 19.8 Å². The number of H-pyrrole nitrogens is 1. The van der Waals surface area contributed by atoms with Crippen molar-refractivity contribution in [3.8, 4) is 5.75 Å². The number of fused-ring (bicyclic) bond motifs is 1. The fourth-order valence-electron chi connectivity index (χ4n) is 4.96. The largest absolute Gasteiger partial charge is 0.493 e. The molecule has 1 aliphatic heterocycles. The topological polar surface area (TPSA) is 73.5 Å². The first-order chi connectivity index (χ1) is 17.4. The average Bonchev–Trinajstić information content (AvgIpc) is 3.14. The Kier molecular flexibility index (Phi) is 8.39. The molecule has 1 fully saturated rings. The second-order valence-electron chi connectivity index (χ2n) is 10.1. The minimum Gasteiger partial charge on any atom is -0.493 e. The van der Waals surface area contributed by atoms with Crippen LogP contribution in [0.25, 0.3) is 10.9 Å². The fourth-order valence-corrected chi connectivity index (χ4v) is 4.96. The van der Waals surface area contributed by atoms with Crippen LogP contribution in [0.5, 0.6) is 5.75 Å². The van der Waals surface area contributed by atoms with Crippen LogP contribution in [0.2, 0.25) is 0 Å². The average molecular weight is 492 g/mol. The van der Waals surface area contributed by atoms with Crippen molar-refractivity contribution in [3.05, 3.63) is 41.6 Å². The summed E-state index contributed by atoms with van der Waals surface area (Å²) in [5.74, 6) is 3.16. The molecule has 0 spiro atoms. The molecule has 7 nitrogen and oxygen atoms in total. The summed E-state index contributed by atoms with van der Waals surface area (Å²) < 4.78 is 6.25. The van der Waals surface area contributed by atoms with Crippen LogP contribution in [0.1, 0.15) is 57.2 Å². The molecule has 0 saturated carbocycles. The molecule has 1 aliphatic rings. The number of hydrogen-bond donors (Lipinski definition) is 2. The quantitative estimate of drug-likeness (QED) is 0.335. The molecule has 2 aromatic heterocycles. The summed E-state index contributed by atoms with van der Waals surface area (Å²) in [5.41, 5.74) is 4.61. The number of ether oxygens (including phenoxy) is 1. The normalized spacial score (nSPS) is 16.0. The predicted octanol–water partition coefficient (Wildman–Crippen LogP) is 6.19. The van der Waals surface area contributed by atoms with E-state index in [0.29, 0.717) is 18.9 Å². The molecular weight excluding hydrogens is 450 g/mol. The number of anilines is 3. The van der Waals surface area contributed by atoms with E-state index in [1.54, 1.807) is 0 Å². The van der Waals surface area contributed by atoms with Crippen LogP contribution in [-0.2, 0) is 4.79 Å². The molecule has 194 valence electrons. The zero-order chi connectivity index (χ0) is 25.7. The minimum absolute atomic E-state index is 0.239. The Morgan fingerprint density at radius 3 is 2.67 bits per heavy atom. The highest BCUT2D eigenvalue weighted by atomic mass is 16.5. The van der Waals surface area contributed by atoms with Gasteiger partial charge in [-0.25, -0.2) is 4.98 Å². The molecule has 4 rings (SSSR count). The van der Waals surface area contributed by atoms with Gasteiger partial charge in [0.25, 0.3) is 0 Å². The SMILES string of the molecule is CCCN(CCC)c1cc(OCCC2CCN(C)C(=O)C2)cc(Nc2ccc3[nH]c(C)c(C)c3c2)n1. The lowest BCUT2D eigenvalue weighted by Crippen LogP contribution is -2.36. The highest BCUT2D eigenvalue weighted by Gasteiger charge is 2.23. The number of aromatic amines is 1. The lowest BCUT2D eigenvalue weighted by Gasteiger charge is -2.28. The van der Waals surface area contributed by atoms with Gasteiger partial charge in [-0.15, -0.1) is 0 Å². The van der Waals surface area contributed by atoms with E-state index in [0.717, 1.165) is 73.9 Å². The number of benzene rings is 1. The van der Waals surface area contributed by atoms with Crippen molar-refractivity contribution in [1.82, 2.24) is 14.9 Å². The standard InChI is InChI=1S/C29H41N5O2/c1-6-12-34(13-7-2)28-19-24(36-15-11-22-10-14-33(5)29(35)16-22)18-27(32-28)31-23-8-9-26-25(17-23)20(3)21(4)30-26/h8-9,17-19,22,30H,6-7,10-16H2,1-5H3,(H,31,32). The molecule has 7 heteroatoms. The Hall–Kier alpha value is -3.22. The lowest BCUT2D eigenvalue weighted by molar-refractivity contribution is -0.133. The number of carbonyl (C=O) groups excluding carboxylic acids is 1. The van der Waals surface area contributed by atoms with Crippen LogP contribution in [0.3, 0.4) is 0 Å². The second kappa shape index (κ2) is 11.7. The van der Waals surface area contributed by atoms with Crippen molar-refractivity contribution >= 4 is 34.1 Å². The smallest absolute Gasteiger partial charge is 0.222 e. The Balaban J connectivity index is 1.54. The van der Waals surface area contributed by atoms with Gasteiger partial charge < -0.3 is 24.8 Å². The summed E-state index contributed by atoms with van der Waals surface area (Å²) in [4.78, 5) is 24.6. The van der Waals surface area contributed by atoms with Crippen molar-refractivity contribution < 1.29 is 9.53 Å². The molecule has 0 radical (unpaired) electrons. The number of hydrogen-bond acceptors (Lipinski definition) is 5. The summed E-state index contributed by atoms with van der Waals surface area (Å²) in [6, 6.07) is 10.4. The number of aromatic nitrogens is 2. The first-order valence-electron chi connectivity index (χ1n) is 13.4. The number of pyridine rings is 1. The Morgan fingerprint density at radius 1 is 1.17 bits per heavy atom. The molecule has 0 aliphatic carbocycles. The van der Waals surface area contributed by atoms with E-state index in [-0.39, 0.29) is 5.91 Å². The van der Waals surface area contributed by atoms with E-state index < -0.39 is 0 Å². The summed E-state index contributed by atoms with van der Waals surface area (Å²) in [6.07, 6.45) is 4.66. The van der Waals surface area contributed by atoms with Crippen LogP contribution in [0.4, 0.5) is 17.3 Å². The van der Waals surface area contributed by atoms with Gasteiger partial charge in [-0.1, -0.05) is 13.8 Å². The van der Waals surface area contributed by atoms with E-state index in [4.69, 9.17) is 9.72 Å². The number of piperidine rings is 1. The highest BCUT2D eigenvalue weighted by molar-refractivity contribution is 5.88. The van der Waals surface area contributed by atoms with E-state index in [2.05, 4.69) is 67.2 Å². The molecular formula is C29H41N5O2. The monoisotopic (exact) mass is 491 g/mol. The maximum atomic E-state index is 12.1. The van der Waals surface area contributed by atoms with E-state index in [9.17, 15) is 4.79 Å². The van der Waals surface area contributed by atoms with Crippen molar-refractivity contribution in [2.45, 2.75) is 59.8 Å². The summed E-state index contributed by atoms with van der Waals surface area (Å²) >= 11 is 0. The first-order valence-corrected chi connectivity index (χ1v) is 13.4. The number of likely N-dealkylation sites (tertiary alicyclic amines) is 1. The van der Waals surface area contributed by atoms with Crippen molar-refractivity contribution in [1.29, 1.82) is 0 Å². The molecule has 1 saturated heterocycles. The first kappa shape index (κ1) is 25.9. The molecule has 1 unspecified atom stereocenters. The van der Waals surface area contributed by atoms with Crippen molar-refractivity contribution in [2.24, 2.45) is 5.92 Å². The maximum absolute atomic E-state index is 12.1. The van der Waals surface area contributed by atoms with Gasteiger partial charge in [0.15, 0.2) is 0 Å². The van der Waals surface area contributed by atoms with Crippen molar-refractivity contribution in [3.63, 3.8) is 0 Å². The van der Waals surface area contributed by atoms with Gasteiger partial charge in [0, 0.05) is 67.5 Å². The summed E-state index contributed by atoms with van der Waals surface area (Å²) in [7, 11) is 1.89. The Labute approximate surface area is 215 Å². The van der Waals surface area contributed by atoms with Gasteiger partial charge in [-0.3, -0.25) is 4.79 Å². The molecule has 1 aromatic carbocycles. The molecule has 36 heavy (non-hydrogen) atoms. The van der Waals surface area contributed by atoms with Gasteiger partial charge in [-0.05, 0) is 69.2 Å². The van der Waals surface area contributed by atoms with Gasteiger partial charge in [0.1, 0.15) is 17.4 Å². The number of rotatable bonds is 11. The lowest BCUT2D eigenvalue weighted by atomic mass is 9.94. The predicted molar refractivity (Wildman–Crippen MR) is 149 cm³/mol. The number of aryl methyl sites for hydroxylation is 2. The van der Waals surface area contributed by atoms with E-state index >= 15 is 0 Å². The highest BCUT2D eigenvalue weighted by Crippen LogP contribution is 2.30. The van der Waals surface area contributed by atoms with E-state index in [1.807, 2.05) is 18.0 Å². The van der Waals surface area contributed by atoms with Crippen LogP contribution in [0.15, 0.2) is 30.3 Å². The minimum atomic E-state index is 0.239. The third kappa shape index (κ3) is 6.12. The van der Waals surface area contributed by atoms with Crippen LogP contribution >= 0.6 is 0 Å². The molecule has 3 aromatic rings. The van der Waals surface area contributed by atoms with Crippen LogP contribution < -0.4 is 15.0 Å². The number of nitrogens with one attached hydrogen (secondary N) is 2. The molecule has 3 heterocycles. The van der Waals surface area contributed by atoms with Gasteiger partial charge in [0.2, 0.25) is 5.91 Å². The fraction of sp³-hybridized carbons (Fsp3) is 0.517. The number of nitrogens with zero attached hydrogens (tertiary/aromatic N) is 3. The van der Waals surface area contributed by atoms with Gasteiger partial charge in [0.05, 0.1) is 6.61 Å². The van der Waals surface area contributed by atoms with Gasteiger partial charge >= 0.3 is 0 Å². The Morgan fingerprint density at radius 2 is 1.94 bits per heavy atom. The number of carbonyl (C=O) groups is 1. The number of amides is 1. The maximum Gasteiger partial charge on any atom is 0.222 e. The second-order valence-corrected chi connectivity index (χ2v) is 10.1. The van der Waals surface area contributed by atoms with E-state index in [1.165, 1.54) is 16.6 Å².